The van der Waals surface area contributed by atoms with Crippen molar-refractivity contribution in [1.82, 2.24) is 14.9 Å². The van der Waals surface area contributed by atoms with Crippen LogP contribution in [0.2, 0.25) is 0 Å². The Balaban J connectivity index is 1.39. The number of fused-ring (bicyclic) bond motifs is 1. The molecule has 1 amide bonds. The van der Waals surface area contributed by atoms with Crippen LogP contribution in [0.25, 0.3) is 22.2 Å². The molecule has 0 spiro atoms. The van der Waals surface area contributed by atoms with Crippen molar-refractivity contribution in [2.24, 2.45) is 5.92 Å². The fourth-order valence-electron chi connectivity index (χ4n) is 5.71. The summed E-state index contributed by atoms with van der Waals surface area (Å²) in [4.78, 5) is 44.1. The SMILES string of the molecule is CCCc1nc2c(C)cc(C(=O)NCC(C)C(=O)c3ccccc3)cc2n1Cc1ccc(-c2ccccc2C(=O)OC(C)(C)C)cc1. The van der Waals surface area contributed by atoms with Crippen LogP contribution >= 0.6 is 0 Å². The molecule has 1 atom stereocenters. The predicted molar refractivity (Wildman–Crippen MR) is 187 cm³/mol. The van der Waals surface area contributed by atoms with Gasteiger partial charge in [0.15, 0.2) is 5.78 Å². The molecule has 1 unspecified atom stereocenters. The quantitative estimate of drug-likeness (QED) is 0.117. The Morgan fingerprint density at radius 3 is 2.26 bits per heavy atom. The number of hydrogen-bond acceptors (Lipinski definition) is 5. The molecule has 0 radical (unpaired) electrons. The second-order valence-corrected chi connectivity index (χ2v) is 13.1. The van der Waals surface area contributed by atoms with Crippen LogP contribution < -0.4 is 5.32 Å². The van der Waals surface area contributed by atoms with Crippen LogP contribution in [0.15, 0.2) is 91.0 Å². The van der Waals surface area contributed by atoms with Crippen LogP contribution in [0.5, 0.6) is 0 Å². The lowest BCUT2D eigenvalue weighted by Crippen LogP contribution is -2.31. The number of ketones is 1. The summed E-state index contributed by atoms with van der Waals surface area (Å²) in [7, 11) is 0. The number of amides is 1. The van der Waals surface area contributed by atoms with E-state index in [-0.39, 0.29) is 30.1 Å². The van der Waals surface area contributed by atoms with Crippen LogP contribution in [-0.2, 0) is 17.7 Å². The summed E-state index contributed by atoms with van der Waals surface area (Å²) in [6, 6.07) is 28.6. The third kappa shape index (κ3) is 7.86. The number of imidazole rings is 1. The molecule has 0 aliphatic carbocycles. The van der Waals surface area contributed by atoms with Crippen LogP contribution in [0, 0.1) is 12.8 Å². The van der Waals surface area contributed by atoms with Gasteiger partial charge in [0.25, 0.3) is 5.91 Å². The van der Waals surface area contributed by atoms with Gasteiger partial charge in [-0.1, -0.05) is 86.6 Å². The van der Waals surface area contributed by atoms with Crippen molar-refractivity contribution in [1.29, 1.82) is 0 Å². The van der Waals surface area contributed by atoms with E-state index in [2.05, 4.69) is 28.9 Å². The van der Waals surface area contributed by atoms with Crippen molar-refractivity contribution in [2.45, 2.75) is 66.5 Å². The number of ether oxygens (including phenoxy) is 1. The summed E-state index contributed by atoms with van der Waals surface area (Å²) in [6.45, 7) is 12.3. The lowest BCUT2D eigenvalue weighted by atomic mass is 9.98. The van der Waals surface area contributed by atoms with Gasteiger partial charge in [0, 0.05) is 36.6 Å². The van der Waals surface area contributed by atoms with Crippen LogP contribution in [-0.4, -0.2) is 39.4 Å². The third-order valence-corrected chi connectivity index (χ3v) is 8.09. The molecular weight excluding hydrogens is 586 g/mol. The molecule has 0 saturated carbocycles. The number of rotatable bonds is 11. The number of hydrogen-bond donors (Lipinski definition) is 1. The molecule has 0 fully saturated rings. The second-order valence-electron chi connectivity index (χ2n) is 13.1. The number of carbonyl (C=O) groups is 3. The van der Waals surface area contributed by atoms with Crippen LogP contribution in [0.3, 0.4) is 0 Å². The number of Topliss-reactive ketones (excluding diaryl/α,β-unsaturated/α-hetero) is 1. The highest BCUT2D eigenvalue weighted by molar-refractivity contribution is 6.00. The van der Waals surface area contributed by atoms with Gasteiger partial charge in [-0.05, 0) is 74.6 Å². The van der Waals surface area contributed by atoms with Gasteiger partial charge in [-0.15, -0.1) is 0 Å². The summed E-state index contributed by atoms with van der Waals surface area (Å²) >= 11 is 0. The minimum absolute atomic E-state index is 0.000775. The monoisotopic (exact) mass is 629 g/mol. The van der Waals surface area contributed by atoms with Gasteiger partial charge in [0.1, 0.15) is 11.4 Å². The number of esters is 1. The molecule has 7 heteroatoms. The summed E-state index contributed by atoms with van der Waals surface area (Å²) in [5.74, 6) is 0.0370. The second kappa shape index (κ2) is 14.2. The minimum atomic E-state index is -0.587. The lowest BCUT2D eigenvalue weighted by Gasteiger charge is -2.20. The first-order valence-electron chi connectivity index (χ1n) is 16.2. The van der Waals surface area contributed by atoms with E-state index in [1.165, 1.54) is 0 Å². The maximum absolute atomic E-state index is 13.3. The van der Waals surface area contributed by atoms with Gasteiger partial charge >= 0.3 is 5.97 Å². The van der Waals surface area contributed by atoms with Gasteiger partial charge < -0.3 is 14.6 Å². The Morgan fingerprint density at radius 2 is 1.57 bits per heavy atom. The largest absolute Gasteiger partial charge is 0.456 e. The number of aromatic nitrogens is 2. The first-order valence-corrected chi connectivity index (χ1v) is 16.2. The van der Waals surface area contributed by atoms with Gasteiger partial charge in [0.05, 0.1) is 16.6 Å². The highest BCUT2D eigenvalue weighted by Gasteiger charge is 2.22. The van der Waals surface area contributed by atoms with E-state index in [0.29, 0.717) is 23.2 Å². The van der Waals surface area contributed by atoms with Gasteiger partial charge in [-0.25, -0.2) is 9.78 Å². The molecule has 4 aromatic carbocycles. The molecule has 1 N–H and O–H groups in total. The Hall–Kier alpha value is -5.04. The van der Waals surface area contributed by atoms with Crippen molar-refractivity contribution in [3.63, 3.8) is 0 Å². The number of nitrogens with zero attached hydrogens (tertiary/aromatic N) is 2. The maximum Gasteiger partial charge on any atom is 0.339 e. The van der Waals surface area contributed by atoms with E-state index in [9.17, 15) is 14.4 Å². The minimum Gasteiger partial charge on any atom is -0.456 e. The molecule has 5 aromatic rings. The normalized spacial score (nSPS) is 12.1. The van der Waals surface area contributed by atoms with E-state index in [1.807, 2.05) is 95.3 Å². The Bertz CT molecular complexity index is 1900. The molecule has 0 aliphatic heterocycles. The molecule has 0 bridgehead atoms. The summed E-state index contributed by atoms with van der Waals surface area (Å²) < 4.78 is 7.84. The summed E-state index contributed by atoms with van der Waals surface area (Å²) in [5, 5.41) is 2.97. The average Bonchev–Trinajstić information content (AvgIpc) is 3.40. The summed E-state index contributed by atoms with van der Waals surface area (Å²) in [5.41, 5.74) is 6.62. The molecule has 47 heavy (non-hydrogen) atoms. The van der Waals surface area contributed by atoms with Gasteiger partial charge in [-0.3, -0.25) is 9.59 Å². The Kier molecular flexibility index (Phi) is 10.0. The highest BCUT2D eigenvalue weighted by Crippen LogP contribution is 2.28. The maximum atomic E-state index is 13.3. The smallest absolute Gasteiger partial charge is 0.339 e. The van der Waals surface area contributed by atoms with Crippen LogP contribution in [0.4, 0.5) is 0 Å². The first-order chi connectivity index (χ1) is 22.4. The number of aryl methyl sites for hydroxylation is 2. The zero-order chi connectivity index (χ0) is 33.7. The molecular formula is C40H43N3O4. The molecule has 1 heterocycles. The highest BCUT2D eigenvalue weighted by atomic mass is 16.6. The van der Waals surface area contributed by atoms with Crippen LogP contribution in [0.1, 0.15) is 89.1 Å². The topological polar surface area (TPSA) is 90.3 Å². The van der Waals surface area contributed by atoms with Gasteiger partial charge in [-0.2, -0.15) is 0 Å². The van der Waals surface area contributed by atoms with Crippen molar-refractivity contribution in [3.05, 3.63) is 125 Å². The number of nitrogens with one attached hydrogen (secondary N) is 1. The first kappa shape index (κ1) is 33.3. The van der Waals surface area contributed by atoms with Crippen molar-refractivity contribution < 1.29 is 19.1 Å². The van der Waals surface area contributed by atoms with E-state index < -0.39 is 5.60 Å². The molecule has 7 nitrogen and oxygen atoms in total. The predicted octanol–water partition coefficient (Wildman–Crippen LogP) is 8.22. The fraction of sp³-hybridized carbons (Fsp3) is 0.300. The molecule has 242 valence electrons. The van der Waals surface area contributed by atoms with E-state index >= 15 is 0 Å². The average molecular weight is 630 g/mol. The van der Waals surface area contributed by atoms with E-state index in [1.54, 1.807) is 18.2 Å². The van der Waals surface area contributed by atoms with Crippen molar-refractivity contribution >= 4 is 28.7 Å². The standard InChI is InChI=1S/C40H43N3O4/c1-7-13-35-42-36-26(2)22-31(38(45)41-24-27(3)37(44)30-14-9-8-10-15-30)23-34(36)43(35)25-28-18-20-29(21-19-28)32-16-11-12-17-33(32)39(46)47-40(4,5)6/h8-12,14-23,27H,7,13,24-25H2,1-6H3,(H,41,45). The molecule has 5 rings (SSSR count). The zero-order valence-corrected chi connectivity index (χ0v) is 28.1. The van der Waals surface area contributed by atoms with Crippen molar-refractivity contribution in [2.75, 3.05) is 6.54 Å². The van der Waals surface area contributed by atoms with Crippen molar-refractivity contribution in [3.8, 4) is 11.1 Å². The van der Waals surface area contributed by atoms with Gasteiger partial charge in [0.2, 0.25) is 0 Å². The lowest BCUT2D eigenvalue weighted by molar-refractivity contribution is 0.00702. The molecule has 1 aromatic heterocycles. The third-order valence-electron chi connectivity index (χ3n) is 8.09. The Morgan fingerprint density at radius 1 is 0.894 bits per heavy atom. The zero-order valence-electron chi connectivity index (χ0n) is 28.1. The summed E-state index contributed by atoms with van der Waals surface area (Å²) in [6.07, 6.45) is 1.74. The fourth-order valence-corrected chi connectivity index (χ4v) is 5.71. The Labute approximate surface area is 277 Å². The molecule has 0 aliphatic rings. The molecule has 0 saturated heterocycles. The van der Waals surface area contributed by atoms with E-state index in [4.69, 9.17) is 9.72 Å². The van der Waals surface area contributed by atoms with E-state index in [0.717, 1.165) is 52.0 Å². The number of benzene rings is 4. The number of carbonyl (C=O) groups excluding carboxylic acids is 3.